The van der Waals surface area contributed by atoms with Gasteiger partial charge in [0.2, 0.25) is 0 Å². The molecule has 3 atom stereocenters. The number of likely N-dealkylation sites (tertiary alicyclic amines) is 1. The van der Waals surface area contributed by atoms with Crippen LogP contribution < -0.4 is 5.73 Å². The van der Waals surface area contributed by atoms with Gasteiger partial charge in [-0.15, -0.1) is 0 Å². The van der Waals surface area contributed by atoms with Crippen molar-refractivity contribution in [2.45, 2.75) is 65.3 Å². The van der Waals surface area contributed by atoms with Gasteiger partial charge in [0.05, 0.1) is 0 Å². The maximum atomic E-state index is 5.83. The zero-order valence-corrected chi connectivity index (χ0v) is 12.1. The van der Waals surface area contributed by atoms with Gasteiger partial charge in [-0.05, 0) is 44.6 Å². The van der Waals surface area contributed by atoms with E-state index in [1.54, 1.807) is 0 Å². The highest BCUT2D eigenvalue weighted by atomic mass is 15.2. The predicted molar refractivity (Wildman–Crippen MR) is 76.1 cm³/mol. The van der Waals surface area contributed by atoms with Crippen molar-refractivity contribution in [2.75, 3.05) is 19.6 Å². The predicted octanol–water partition coefficient (Wildman–Crippen LogP) is 3.26. The first-order chi connectivity index (χ1) is 8.21. The summed E-state index contributed by atoms with van der Waals surface area (Å²) in [7, 11) is 0. The number of unbranched alkanes of at least 4 members (excludes halogenated alkanes) is 1. The summed E-state index contributed by atoms with van der Waals surface area (Å²) in [6, 6.07) is 0.772. The SMILES string of the molecule is CCCCC(CC)CN1CC(CN)CCC1C. The van der Waals surface area contributed by atoms with Crippen LogP contribution in [0.2, 0.25) is 0 Å². The van der Waals surface area contributed by atoms with E-state index in [-0.39, 0.29) is 0 Å². The number of hydrogen-bond donors (Lipinski definition) is 1. The Balaban J connectivity index is 2.40. The first-order valence-electron chi connectivity index (χ1n) is 7.65. The van der Waals surface area contributed by atoms with Crippen LogP contribution >= 0.6 is 0 Å². The van der Waals surface area contributed by atoms with Crippen molar-refractivity contribution in [3.05, 3.63) is 0 Å². The van der Waals surface area contributed by atoms with Gasteiger partial charge in [-0.2, -0.15) is 0 Å². The van der Waals surface area contributed by atoms with Gasteiger partial charge in [0, 0.05) is 19.1 Å². The summed E-state index contributed by atoms with van der Waals surface area (Å²) in [6.07, 6.45) is 8.13. The van der Waals surface area contributed by atoms with E-state index in [0.29, 0.717) is 0 Å². The molecule has 2 heteroatoms. The summed E-state index contributed by atoms with van der Waals surface area (Å²) in [4.78, 5) is 2.70. The molecule has 0 radical (unpaired) electrons. The summed E-state index contributed by atoms with van der Waals surface area (Å²) in [5.74, 6) is 1.64. The van der Waals surface area contributed by atoms with Gasteiger partial charge in [-0.1, -0.05) is 33.1 Å². The van der Waals surface area contributed by atoms with Crippen LogP contribution in [0.5, 0.6) is 0 Å². The van der Waals surface area contributed by atoms with Crippen molar-refractivity contribution < 1.29 is 0 Å². The van der Waals surface area contributed by atoms with E-state index < -0.39 is 0 Å². The molecule has 0 bridgehead atoms. The highest BCUT2D eigenvalue weighted by Gasteiger charge is 2.25. The fourth-order valence-corrected chi connectivity index (χ4v) is 2.96. The minimum atomic E-state index is 0.745. The Morgan fingerprint density at radius 3 is 2.65 bits per heavy atom. The summed E-state index contributed by atoms with van der Waals surface area (Å²) < 4.78 is 0. The van der Waals surface area contributed by atoms with E-state index in [9.17, 15) is 0 Å². The van der Waals surface area contributed by atoms with E-state index in [1.165, 1.54) is 51.6 Å². The summed E-state index contributed by atoms with van der Waals surface area (Å²) >= 11 is 0. The Kier molecular flexibility index (Phi) is 7.14. The Labute approximate surface area is 108 Å². The fraction of sp³-hybridized carbons (Fsp3) is 1.00. The lowest BCUT2D eigenvalue weighted by atomic mass is 9.91. The molecule has 2 N–H and O–H groups in total. The first-order valence-corrected chi connectivity index (χ1v) is 7.65. The van der Waals surface area contributed by atoms with Gasteiger partial charge in [0.25, 0.3) is 0 Å². The van der Waals surface area contributed by atoms with E-state index in [4.69, 9.17) is 5.73 Å². The molecule has 0 spiro atoms. The monoisotopic (exact) mass is 240 g/mol. The highest BCUT2D eigenvalue weighted by molar-refractivity contribution is 4.80. The molecule has 2 nitrogen and oxygen atoms in total. The molecule has 0 aromatic carbocycles. The number of nitrogens with zero attached hydrogens (tertiary/aromatic N) is 1. The Morgan fingerprint density at radius 2 is 2.06 bits per heavy atom. The number of nitrogens with two attached hydrogens (primary N) is 1. The minimum Gasteiger partial charge on any atom is -0.330 e. The largest absolute Gasteiger partial charge is 0.330 e. The summed E-state index contributed by atoms with van der Waals surface area (Å²) in [5, 5.41) is 0. The second-order valence-electron chi connectivity index (χ2n) is 5.90. The molecule has 1 heterocycles. The summed E-state index contributed by atoms with van der Waals surface area (Å²) in [6.45, 7) is 10.4. The van der Waals surface area contributed by atoms with Gasteiger partial charge < -0.3 is 10.6 Å². The zero-order chi connectivity index (χ0) is 12.7. The average molecular weight is 240 g/mol. The van der Waals surface area contributed by atoms with Crippen molar-refractivity contribution in [3.63, 3.8) is 0 Å². The Bertz CT molecular complexity index is 193. The quantitative estimate of drug-likeness (QED) is 0.740. The maximum Gasteiger partial charge on any atom is 0.00672 e. The third-order valence-corrected chi connectivity index (χ3v) is 4.48. The van der Waals surface area contributed by atoms with Crippen LogP contribution in [0.25, 0.3) is 0 Å². The van der Waals surface area contributed by atoms with Gasteiger partial charge in [0.15, 0.2) is 0 Å². The molecule has 0 aromatic heterocycles. The van der Waals surface area contributed by atoms with Crippen LogP contribution in [0, 0.1) is 11.8 Å². The number of rotatable bonds is 7. The average Bonchev–Trinajstić information content (AvgIpc) is 2.36. The molecule has 1 aliphatic rings. The van der Waals surface area contributed by atoms with Crippen LogP contribution in [0.4, 0.5) is 0 Å². The molecule has 1 saturated heterocycles. The van der Waals surface area contributed by atoms with E-state index in [0.717, 1.165) is 24.4 Å². The molecular weight excluding hydrogens is 208 g/mol. The number of piperidine rings is 1. The van der Waals surface area contributed by atoms with E-state index >= 15 is 0 Å². The number of hydrogen-bond acceptors (Lipinski definition) is 2. The first kappa shape index (κ1) is 15.0. The Hall–Kier alpha value is -0.0800. The normalized spacial score (nSPS) is 28.2. The fourth-order valence-electron chi connectivity index (χ4n) is 2.96. The third kappa shape index (κ3) is 4.97. The lowest BCUT2D eigenvalue weighted by Gasteiger charge is -2.39. The molecule has 0 amide bonds. The van der Waals surface area contributed by atoms with Gasteiger partial charge >= 0.3 is 0 Å². The molecule has 3 unspecified atom stereocenters. The van der Waals surface area contributed by atoms with Crippen molar-refractivity contribution in [1.82, 2.24) is 4.90 Å². The molecule has 0 aliphatic carbocycles. The molecule has 1 rings (SSSR count). The van der Waals surface area contributed by atoms with Crippen molar-refractivity contribution in [1.29, 1.82) is 0 Å². The Morgan fingerprint density at radius 1 is 1.29 bits per heavy atom. The molecule has 102 valence electrons. The second-order valence-corrected chi connectivity index (χ2v) is 5.90. The lowest BCUT2D eigenvalue weighted by Crippen LogP contribution is -2.45. The highest BCUT2D eigenvalue weighted by Crippen LogP contribution is 2.24. The van der Waals surface area contributed by atoms with E-state index in [2.05, 4.69) is 25.7 Å². The van der Waals surface area contributed by atoms with Gasteiger partial charge in [0.1, 0.15) is 0 Å². The van der Waals surface area contributed by atoms with Crippen LogP contribution in [0.15, 0.2) is 0 Å². The third-order valence-electron chi connectivity index (χ3n) is 4.48. The van der Waals surface area contributed by atoms with Crippen LogP contribution in [0.3, 0.4) is 0 Å². The molecule has 17 heavy (non-hydrogen) atoms. The zero-order valence-electron chi connectivity index (χ0n) is 12.1. The molecule has 1 aliphatic heterocycles. The van der Waals surface area contributed by atoms with Crippen LogP contribution in [-0.4, -0.2) is 30.6 Å². The smallest absolute Gasteiger partial charge is 0.00672 e. The lowest BCUT2D eigenvalue weighted by molar-refractivity contribution is 0.0978. The van der Waals surface area contributed by atoms with Crippen LogP contribution in [0.1, 0.15) is 59.3 Å². The minimum absolute atomic E-state index is 0.745. The van der Waals surface area contributed by atoms with Crippen LogP contribution in [-0.2, 0) is 0 Å². The molecule has 1 fully saturated rings. The van der Waals surface area contributed by atoms with Crippen molar-refractivity contribution in [3.8, 4) is 0 Å². The molecule has 0 aromatic rings. The van der Waals surface area contributed by atoms with Crippen molar-refractivity contribution >= 4 is 0 Å². The summed E-state index contributed by atoms with van der Waals surface area (Å²) in [5.41, 5.74) is 5.83. The maximum absolute atomic E-state index is 5.83. The topological polar surface area (TPSA) is 29.3 Å². The molecular formula is C15H32N2. The van der Waals surface area contributed by atoms with Gasteiger partial charge in [-0.25, -0.2) is 0 Å². The standard InChI is InChI=1S/C15H32N2/c1-4-6-7-14(5-2)11-17-12-15(10-16)9-8-13(17)3/h13-15H,4-12,16H2,1-3H3. The van der Waals surface area contributed by atoms with Crippen molar-refractivity contribution in [2.24, 2.45) is 17.6 Å². The van der Waals surface area contributed by atoms with Gasteiger partial charge in [-0.3, -0.25) is 0 Å². The second kappa shape index (κ2) is 8.10. The molecule has 0 saturated carbocycles. The van der Waals surface area contributed by atoms with E-state index in [1.807, 2.05) is 0 Å².